The molecule has 0 aliphatic heterocycles. The smallest absolute Gasteiger partial charge is 0.198 e. The SMILES string of the molecule is [Li+].[c-]1cccc2sc3ccccc3c12. The molecule has 1 heterocycles. The normalized spacial score (nSPS) is 10.3. The van der Waals surface area contributed by atoms with E-state index in [0.717, 1.165) is 0 Å². The van der Waals surface area contributed by atoms with E-state index in [-0.39, 0.29) is 18.9 Å². The monoisotopic (exact) mass is 190 g/mol. The number of benzene rings is 2. The quantitative estimate of drug-likeness (QED) is 0.364. The van der Waals surface area contributed by atoms with Crippen molar-refractivity contribution in [3.63, 3.8) is 0 Å². The summed E-state index contributed by atoms with van der Waals surface area (Å²) in [6, 6.07) is 17.9. The number of fused-ring (bicyclic) bond motifs is 3. The van der Waals surface area contributed by atoms with E-state index in [9.17, 15) is 0 Å². The maximum absolute atomic E-state index is 3.28. The predicted octanol–water partition coefficient (Wildman–Crippen LogP) is 0.859. The molecule has 3 rings (SSSR count). The van der Waals surface area contributed by atoms with Gasteiger partial charge in [-0.05, 0) is 4.70 Å². The first-order valence-corrected chi connectivity index (χ1v) is 5.05. The topological polar surface area (TPSA) is 0 Å². The summed E-state index contributed by atoms with van der Waals surface area (Å²) in [4.78, 5) is 0. The van der Waals surface area contributed by atoms with Gasteiger partial charge in [0.05, 0.1) is 0 Å². The number of hydrogen-bond acceptors (Lipinski definition) is 1. The van der Waals surface area contributed by atoms with Crippen LogP contribution in [0.5, 0.6) is 0 Å². The molecule has 2 aromatic carbocycles. The molecule has 0 nitrogen and oxygen atoms in total. The van der Waals surface area contributed by atoms with E-state index in [0.29, 0.717) is 0 Å². The van der Waals surface area contributed by atoms with Crippen LogP contribution in [0.3, 0.4) is 0 Å². The van der Waals surface area contributed by atoms with Gasteiger partial charge in [0, 0.05) is 0 Å². The third-order valence-corrected chi connectivity index (χ3v) is 3.33. The van der Waals surface area contributed by atoms with Crippen molar-refractivity contribution >= 4 is 31.5 Å². The molecule has 0 aliphatic rings. The van der Waals surface area contributed by atoms with Crippen molar-refractivity contribution in [2.45, 2.75) is 0 Å². The predicted molar refractivity (Wildman–Crippen MR) is 58.2 cm³/mol. The third kappa shape index (κ3) is 1.38. The van der Waals surface area contributed by atoms with Crippen LogP contribution in [0.1, 0.15) is 0 Å². The largest absolute Gasteiger partial charge is 1.00 e. The van der Waals surface area contributed by atoms with Crippen LogP contribution in [-0.4, -0.2) is 0 Å². The van der Waals surface area contributed by atoms with Gasteiger partial charge in [-0.2, -0.15) is 11.3 Å². The zero-order valence-corrected chi connectivity index (χ0v) is 8.77. The standard InChI is InChI=1S/C12H7S.Li/c1-3-7-11-9(5-1)10-6-2-4-8-12(10)13-11;/h1-5,7-8H;/q-1;+1. The molecule has 0 atom stereocenters. The Hall–Kier alpha value is -0.743. The molecule has 0 N–H and O–H groups in total. The van der Waals surface area contributed by atoms with E-state index < -0.39 is 0 Å². The van der Waals surface area contributed by atoms with Crippen molar-refractivity contribution < 1.29 is 18.9 Å². The van der Waals surface area contributed by atoms with E-state index in [4.69, 9.17) is 0 Å². The van der Waals surface area contributed by atoms with Gasteiger partial charge < -0.3 is 0 Å². The molecule has 3 aromatic rings. The van der Waals surface area contributed by atoms with Gasteiger partial charge in [-0.15, -0.1) is 29.7 Å². The second kappa shape index (κ2) is 3.79. The summed E-state index contributed by atoms with van der Waals surface area (Å²) in [5.41, 5.74) is 0. The zero-order chi connectivity index (χ0) is 8.67. The van der Waals surface area contributed by atoms with Crippen molar-refractivity contribution in [2.75, 3.05) is 0 Å². The minimum absolute atomic E-state index is 0. The molecule has 0 fully saturated rings. The van der Waals surface area contributed by atoms with Crippen molar-refractivity contribution in [2.24, 2.45) is 0 Å². The Morgan fingerprint density at radius 2 is 1.71 bits per heavy atom. The van der Waals surface area contributed by atoms with Gasteiger partial charge in [-0.3, -0.25) is 0 Å². The molecule has 1 aromatic heterocycles. The van der Waals surface area contributed by atoms with Crippen molar-refractivity contribution in [3.8, 4) is 0 Å². The minimum Gasteiger partial charge on any atom is -0.198 e. The Morgan fingerprint density at radius 3 is 2.64 bits per heavy atom. The average Bonchev–Trinajstić information content (AvgIpc) is 2.56. The Morgan fingerprint density at radius 1 is 0.929 bits per heavy atom. The molecule has 14 heavy (non-hydrogen) atoms. The maximum Gasteiger partial charge on any atom is 1.00 e. The molecule has 0 amide bonds. The Bertz CT molecular complexity index is 518. The Balaban J connectivity index is 0.000000750. The molecule has 0 bridgehead atoms. The molecule has 0 aliphatic carbocycles. The van der Waals surface area contributed by atoms with Crippen LogP contribution in [-0.2, 0) is 0 Å². The molecule has 0 spiro atoms. The summed E-state index contributed by atoms with van der Waals surface area (Å²) < 4.78 is 2.67. The van der Waals surface area contributed by atoms with Crippen LogP contribution in [0.15, 0.2) is 42.5 Å². The maximum atomic E-state index is 3.28. The molecule has 0 radical (unpaired) electrons. The Labute approximate surface area is 98.7 Å². The third-order valence-electron chi connectivity index (χ3n) is 2.19. The van der Waals surface area contributed by atoms with Crippen LogP contribution in [0.2, 0.25) is 0 Å². The molecular formula is C12H7LiS. The fourth-order valence-corrected chi connectivity index (χ4v) is 2.68. The van der Waals surface area contributed by atoms with E-state index >= 15 is 0 Å². The van der Waals surface area contributed by atoms with Gasteiger partial charge in [0.15, 0.2) is 0 Å². The molecule has 0 saturated carbocycles. The van der Waals surface area contributed by atoms with Crippen molar-refractivity contribution in [3.05, 3.63) is 48.5 Å². The molecule has 0 saturated heterocycles. The molecule has 62 valence electrons. The summed E-state index contributed by atoms with van der Waals surface area (Å²) in [5, 5.41) is 2.58. The van der Waals surface area contributed by atoms with Gasteiger partial charge in [0.1, 0.15) is 0 Å². The van der Waals surface area contributed by atoms with Gasteiger partial charge in [-0.1, -0.05) is 34.4 Å². The average molecular weight is 190 g/mol. The second-order valence-corrected chi connectivity index (χ2v) is 4.09. The van der Waals surface area contributed by atoms with E-state index in [1.807, 2.05) is 23.5 Å². The summed E-state index contributed by atoms with van der Waals surface area (Å²) >= 11 is 1.83. The van der Waals surface area contributed by atoms with Gasteiger partial charge in [0.25, 0.3) is 0 Å². The first kappa shape index (κ1) is 9.80. The van der Waals surface area contributed by atoms with Gasteiger partial charge in [0.2, 0.25) is 0 Å². The fraction of sp³-hybridized carbons (Fsp3) is 0. The van der Waals surface area contributed by atoms with Crippen LogP contribution in [0.4, 0.5) is 0 Å². The molecule has 2 heteroatoms. The zero-order valence-electron chi connectivity index (χ0n) is 7.95. The summed E-state index contributed by atoms with van der Waals surface area (Å²) in [7, 11) is 0. The summed E-state index contributed by atoms with van der Waals surface area (Å²) in [6.07, 6.45) is 0. The van der Waals surface area contributed by atoms with Crippen molar-refractivity contribution in [1.29, 1.82) is 0 Å². The minimum atomic E-state index is 0. The van der Waals surface area contributed by atoms with E-state index in [1.165, 1.54) is 20.2 Å². The van der Waals surface area contributed by atoms with Gasteiger partial charge >= 0.3 is 18.9 Å². The first-order chi connectivity index (χ1) is 6.45. The van der Waals surface area contributed by atoms with Crippen LogP contribution in [0, 0.1) is 6.07 Å². The summed E-state index contributed by atoms with van der Waals surface area (Å²) in [6.45, 7) is 0. The number of rotatable bonds is 0. The van der Waals surface area contributed by atoms with Crippen LogP contribution < -0.4 is 18.9 Å². The van der Waals surface area contributed by atoms with Crippen LogP contribution >= 0.6 is 11.3 Å². The Kier molecular flexibility index (Phi) is 2.65. The van der Waals surface area contributed by atoms with Gasteiger partial charge in [-0.25, -0.2) is 0 Å². The first-order valence-electron chi connectivity index (χ1n) is 4.23. The van der Waals surface area contributed by atoms with E-state index in [2.05, 4.69) is 36.4 Å². The fourth-order valence-electron chi connectivity index (χ4n) is 1.60. The number of thiophene rings is 1. The van der Waals surface area contributed by atoms with E-state index in [1.54, 1.807) is 0 Å². The molecule has 0 unspecified atom stereocenters. The second-order valence-electron chi connectivity index (χ2n) is 3.01. The summed E-state index contributed by atoms with van der Waals surface area (Å²) in [5.74, 6) is 0. The van der Waals surface area contributed by atoms with Crippen LogP contribution in [0.25, 0.3) is 20.2 Å². The number of hydrogen-bond donors (Lipinski definition) is 0. The molecular weight excluding hydrogens is 183 g/mol. The van der Waals surface area contributed by atoms with Crippen molar-refractivity contribution in [1.82, 2.24) is 0 Å².